The summed E-state index contributed by atoms with van der Waals surface area (Å²) >= 11 is 0. The van der Waals surface area contributed by atoms with Crippen LogP contribution in [0.25, 0.3) is 0 Å². The van der Waals surface area contributed by atoms with Gasteiger partial charge in [0.2, 0.25) is 0 Å². The van der Waals surface area contributed by atoms with Crippen molar-refractivity contribution in [2.24, 2.45) is 0 Å². The summed E-state index contributed by atoms with van der Waals surface area (Å²) < 4.78 is 10.1. The summed E-state index contributed by atoms with van der Waals surface area (Å²) in [6.45, 7) is 5.00. The fraction of sp³-hybridized carbons (Fsp3) is 0.800. The number of ether oxygens (including phenoxy) is 2. The highest BCUT2D eigenvalue weighted by molar-refractivity contribution is 4.89. The number of hydrogen-bond donors (Lipinski definition) is 0. The van der Waals surface area contributed by atoms with E-state index in [2.05, 4.69) is 17.7 Å². The Morgan fingerprint density at radius 3 is 2.54 bits per heavy atom. The molecule has 0 amide bonds. The molecule has 0 bridgehead atoms. The summed E-state index contributed by atoms with van der Waals surface area (Å²) in [5.74, 6) is 2.63. The topological polar surface area (TPSA) is 21.7 Å². The first-order valence-electron chi connectivity index (χ1n) is 4.41. The normalized spacial score (nSPS) is 12.8. The van der Waals surface area contributed by atoms with E-state index in [1.54, 1.807) is 14.2 Å². The minimum atomic E-state index is 0.344. The van der Waals surface area contributed by atoms with Crippen LogP contribution in [0.4, 0.5) is 0 Å². The lowest BCUT2D eigenvalue weighted by atomic mass is 10.3. The molecule has 0 spiro atoms. The Bertz CT molecular complexity index is 153. The molecule has 0 N–H and O–H groups in total. The second-order valence-corrected chi connectivity index (χ2v) is 2.97. The fourth-order valence-corrected chi connectivity index (χ4v) is 1.13. The van der Waals surface area contributed by atoms with Gasteiger partial charge in [-0.2, -0.15) is 0 Å². The van der Waals surface area contributed by atoms with Gasteiger partial charge in [-0.1, -0.05) is 5.92 Å². The molecule has 3 nitrogen and oxygen atoms in total. The first-order chi connectivity index (χ1) is 6.26. The van der Waals surface area contributed by atoms with Crippen LogP contribution in [0, 0.1) is 12.3 Å². The molecular formula is C10H19NO2. The Hall–Kier alpha value is -0.560. The summed E-state index contributed by atoms with van der Waals surface area (Å²) in [4.78, 5) is 2.16. The van der Waals surface area contributed by atoms with E-state index in [0.717, 1.165) is 6.54 Å². The summed E-state index contributed by atoms with van der Waals surface area (Å²) in [7, 11) is 3.38. The van der Waals surface area contributed by atoms with E-state index in [1.165, 1.54) is 0 Å². The molecule has 1 unspecified atom stereocenters. The van der Waals surface area contributed by atoms with Crippen LogP contribution in [0.2, 0.25) is 0 Å². The molecule has 0 aliphatic carbocycles. The first-order valence-corrected chi connectivity index (χ1v) is 4.41. The van der Waals surface area contributed by atoms with Crippen LogP contribution in [-0.2, 0) is 9.47 Å². The lowest BCUT2D eigenvalue weighted by molar-refractivity contribution is 0.0837. The van der Waals surface area contributed by atoms with E-state index in [0.29, 0.717) is 25.8 Å². The number of rotatable bonds is 7. The van der Waals surface area contributed by atoms with Gasteiger partial charge in [0, 0.05) is 26.8 Å². The molecule has 0 saturated heterocycles. The van der Waals surface area contributed by atoms with Crippen molar-refractivity contribution >= 4 is 0 Å². The Morgan fingerprint density at radius 1 is 1.38 bits per heavy atom. The van der Waals surface area contributed by atoms with Crippen LogP contribution in [0.5, 0.6) is 0 Å². The fourth-order valence-electron chi connectivity index (χ4n) is 1.13. The summed E-state index contributed by atoms with van der Waals surface area (Å²) in [5.41, 5.74) is 0. The van der Waals surface area contributed by atoms with E-state index in [-0.39, 0.29) is 0 Å². The quantitative estimate of drug-likeness (QED) is 0.542. The summed E-state index contributed by atoms with van der Waals surface area (Å²) in [5, 5.41) is 0. The molecule has 0 aromatic rings. The van der Waals surface area contributed by atoms with Crippen molar-refractivity contribution in [2.45, 2.75) is 13.0 Å². The van der Waals surface area contributed by atoms with Crippen molar-refractivity contribution in [2.75, 3.05) is 40.5 Å². The molecule has 0 heterocycles. The highest BCUT2D eigenvalue weighted by atomic mass is 16.5. The zero-order valence-electron chi connectivity index (χ0n) is 8.75. The maximum absolute atomic E-state index is 5.26. The Labute approximate surface area is 81.0 Å². The number of hydrogen-bond acceptors (Lipinski definition) is 3. The van der Waals surface area contributed by atoms with Crippen molar-refractivity contribution < 1.29 is 9.47 Å². The highest BCUT2D eigenvalue weighted by Crippen LogP contribution is 1.98. The molecule has 0 rings (SSSR count). The molecule has 13 heavy (non-hydrogen) atoms. The maximum Gasteiger partial charge on any atom is 0.0615 e. The van der Waals surface area contributed by atoms with Crippen molar-refractivity contribution in [3.63, 3.8) is 0 Å². The predicted octanol–water partition coefficient (Wildman–Crippen LogP) is 0.603. The molecule has 0 radical (unpaired) electrons. The third-order valence-electron chi connectivity index (χ3n) is 1.91. The van der Waals surface area contributed by atoms with Crippen LogP contribution < -0.4 is 0 Å². The molecule has 0 aliphatic heterocycles. The average molecular weight is 185 g/mol. The first kappa shape index (κ1) is 12.4. The monoisotopic (exact) mass is 185 g/mol. The zero-order valence-corrected chi connectivity index (χ0v) is 8.75. The van der Waals surface area contributed by atoms with Crippen LogP contribution in [0.15, 0.2) is 0 Å². The van der Waals surface area contributed by atoms with Gasteiger partial charge in [-0.05, 0) is 6.92 Å². The molecule has 0 aromatic carbocycles. The second kappa shape index (κ2) is 8.06. The van der Waals surface area contributed by atoms with E-state index in [1.807, 2.05) is 0 Å². The molecule has 1 atom stereocenters. The molecule has 0 aromatic heterocycles. The number of terminal acetylenes is 1. The van der Waals surface area contributed by atoms with Crippen molar-refractivity contribution in [3.8, 4) is 12.3 Å². The molecular weight excluding hydrogens is 166 g/mol. The highest BCUT2D eigenvalue weighted by Gasteiger charge is 2.11. The van der Waals surface area contributed by atoms with Gasteiger partial charge in [-0.25, -0.2) is 0 Å². The third kappa shape index (κ3) is 5.64. The molecule has 0 fully saturated rings. The van der Waals surface area contributed by atoms with Crippen LogP contribution in [0.1, 0.15) is 6.92 Å². The number of methoxy groups -OCH3 is 2. The Kier molecular flexibility index (Phi) is 7.71. The van der Waals surface area contributed by atoms with Crippen molar-refractivity contribution in [1.29, 1.82) is 0 Å². The van der Waals surface area contributed by atoms with Gasteiger partial charge in [0.15, 0.2) is 0 Å². The Morgan fingerprint density at radius 2 is 2.08 bits per heavy atom. The van der Waals surface area contributed by atoms with Gasteiger partial charge in [0.25, 0.3) is 0 Å². The van der Waals surface area contributed by atoms with Crippen LogP contribution >= 0.6 is 0 Å². The second-order valence-electron chi connectivity index (χ2n) is 2.97. The molecule has 3 heteroatoms. The van der Waals surface area contributed by atoms with Crippen molar-refractivity contribution in [3.05, 3.63) is 0 Å². The van der Waals surface area contributed by atoms with Gasteiger partial charge in [-0.15, -0.1) is 6.42 Å². The smallest absolute Gasteiger partial charge is 0.0615 e. The summed E-state index contributed by atoms with van der Waals surface area (Å²) in [6.07, 6.45) is 5.26. The predicted molar refractivity (Wildman–Crippen MR) is 53.6 cm³/mol. The molecule has 76 valence electrons. The Balaban J connectivity index is 3.84. The minimum Gasteiger partial charge on any atom is -0.383 e. The van der Waals surface area contributed by atoms with E-state index in [9.17, 15) is 0 Å². The maximum atomic E-state index is 5.26. The largest absolute Gasteiger partial charge is 0.383 e. The van der Waals surface area contributed by atoms with Crippen LogP contribution in [-0.4, -0.2) is 51.5 Å². The lowest BCUT2D eigenvalue weighted by Crippen LogP contribution is -2.38. The van der Waals surface area contributed by atoms with Gasteiger partial charge < -0.3 is 9.47 Å². The average Bonchev–Trinajstić information content (AvgIpc) is 2.12. The van der Waals surface area contributed by atoms with Gasteiger partial charge in [0.1, 0.15) is 0 Å². The van der Waals surface area contributed by atoms with Crippen molar-refractivity contribution in [1.82, 2.24) is 4.90 Å². The SMILES string of the molecule is C#CCN(CCOC)C(C)COC. The zero-order chi connectivity index (χ0) is 10.1. The van der Waals surface area contributed by atoms with Gasteiger partial charge >= 0.3 is 0 Å². The minimum absolute atomic E-state index is 0.344. The third-order valence-corrected chi connectivity index (χ3v) is 1.91. The van der Waals surface area contributed by atoms with Gasteiger partial charge in [0.05, 0.1) is 19.8 Å². The standard InChI is InChI=1S/C10H19NO2/c1-5-6-11(7-8-12-3)10(2)9-13-4/h1,10H,6-9H2,2-4H3. The van der Waals surface area contributed by atoms with E-state index >= 15 is 0 Å². The molecule has 0 saturated carbocycles. The van der Waals surface area contributed by atoms with Gasteiger partial charge in [-0.3, -0.25) is 4.90 Å². The van der Waals surface area contributed by atoms with Crippen LogP contribution in [0.3, 0.4) is 0 Å². The lowest BCUT2D eigenvalue weighted by Gasteiger charge is -2.26. The number of nitrogens with zero attached hydrogens (tertiary/aromatic N) is 1. The van der Waals surface area contributed by atoms with E-state index in [4.69, 9.17) is 15.9 Å². The van der Waals surface area contributed by atoms with E-state index < -0.39 is 0 Å². The molecule has 0 aliphatic rings. The summed E-state index contributed by atoms with van der Waals surface area (Å²) in [6, 6.07) is 0.344.